The van der Waals surface area contributed by atoms with Gasteiger partial charge in [0.15, 0.2) is 0 Å². The van der Waals surface area contributed by atoms with Gasteiger partial charge in [0.2, 0.25) is 6.04 Å². The van der Waals surface area contributed by atoms with Crippen LogP contribution in [0.5, 0.6) is 0 Å². The zero-order chi connectivity index (χ0) is 10.6. The third-order valence-electron chi connectivity index (χ3n) is 3.22. The van der Waals surface area contributed by atoms with Crippen molar-refractivity contribution in [3.05, 3.63) is 10.1 Å². The van der Waals surface area contributed by atoms with Crippen molar-refractivity contribution in [3.8, 4) is 0 Å². The Kier molecular flexibility index (Phi) is 4.32. The van der Waals surface area contributed by atoms with E-state index in [1.54, 1.807) is 6.92 Å². The van der Waals surface area contributed by atoms with Crippen molar-refractivity contribution in [1.29, 1.82) is 0 Å². The summed E-state index contributed by atoms with van der Waals surface area (Å²) in [6.07, 6.45) is 5.00. The second-order valence-corrected chi connectivity index (χ2v) is 4.15. The number of hydrogen-bond donors (Lipinski definition) is 1. The van der Waals surface area contributed by atoms with Crippen molar-refractivity contribution in [2.24, 2.45) is 5.92 Å². The summed E-state index contributed by atoms with van der Waals surface area (Å²) in [7, 11) is 0. The topological polar surface area (TPSA) is 63.4 Å². The van der Waals surface area contributed by atoms with Crippen LogP contribution in [0.1, 0.15) is 45.4 Å². The molecule has 0 aromatic heterocycles. The minimum Gasteiger partial charge on any atom is -0.386 e. The van der Waals surface area contributed by atoms with Crippen molar-refractivity contribution in [2.75, 3.05) is 0 Å². The van der Waals surface area contributed by atoms with E-state index in [4.69, 9.17) is 0 Å². The maximum Gasteiger partial charge on any atom is 0.238 e. The molecule has 0 radical (unpaired) electrons. The molecule has 4 heteroatoms. The van der Waals surface area contributed by atoms with Crippen LogP contribution in [0.25, 0.3) is 0 Å². The SMILES string of the molecule is CCC(C(O)C1CCCCC1)[N+](=O)[O-]. The summed E-state index contributed by atoms with van der Waals surface area (Å²) < 4.78 is 0. The van der Waals surface area contributed by atoms with Gasteiger partial charge in [-0.25, -0.2) is 0 Å². The molecule has 4 nitrogen and oxygen atoms in total. The highest BCUT2D eigenvalue weighted by molar-refractivity contribution is 4.78. The molecule has 1 aliphatic rings. The first-order valence-corrected chi connectivity index (χ1v) is 5.48. The van der Waals surface area contributed by atoms with E-state index in [0.29, 0.717) is 6.42 Å². The molecule has 0 aromatic rings. The Labute approximate surface area is 84.5 Å². The molecular formula is C10H19NO3. The summed E-state index contributed by atoms with van der Waals surface area (Å²) in [5.41, 5.74) is 0. The molecule has 1 saturated carbocycles. The quantitative estimate of drug-likeness (QED) is 0.558. The highest BCUT2D eigenvalue weighted by Crippen LogP contribution is 2.28. The van der Waals surface area contributed by atoms with Crippen LogP contribution in [-0.2, 0) is 0 Å². The molecule has 2 unspecified atom stereocenters. The number of aliphatic hydroxyl groups excluding tert-OH is 1. The lowest BCUT2D eigenvalue weighted by Crippen LogP contribution is -2.39. The van der Waals surface area contributed by atoms with Gasteiger partial charge in [-0.1, -0.05) is 26.2 Å². The van der Waals surface area contributed by atoms with Gasteiger partial charge in [-0.15, -0.1) is 0 Å². The molecule has 14 heavy (non-hydrogen) atoms. The molecule has 0 spiro atoms. The van der Waals surface area contributed by atoms with E-state index in [0.717, 1.165) is 25.7 Å². The number of hydrogen-bond acceptors (Lipinski definition) is 3. The normalized spacial score (nSPS) is 23.0. The summed E-state index contributed by atoms with van der Waals surface area (Å²) in [6.45, 7) is 1.76. The average Bonchev–Trinajstić information content (AvgIpc) is 2.19. The zero-order valence-electron chi connectivity index (χ0n) is 8.69. The Morgan fingerprint density at radius 3 is 2.43 bits per heavy atom. The Balaban J connectivity index is 2.51. The largest absolute Gasteiger partial charge is 0.386 e. The van der Waals surface area contributed by atoms with E-state index in [9.17, 15) is 15.2 Å². The van der Waals surface area contributed by atoms with Gasteiger partial charge in [0.1, 0.15) is 6.10 Å². The van der Waals surface area contributed by atoms with Crippen LogP contribution < -0.4 is 0 Å². The minimum absolute atomic E-state index is 0.152. The van der Waals surface area contributed by atoms with Gasteiger partial charge in [0, 0.05) is 11.3 Å². The van der Waals surface area contributed by atoms with E-state index in [1.807, 2.05) is 0 Å². The predicted molar refractivity (Wildman–Crippen MR) is 53.7 cm³/mol. The molecule has 0 saturated heterocycles. The molecule has 0 aliphatic heterocycles. The van der Waals surface area contributed by atoms with Gasteiger partial charge >= 0.3 is 0 Å². The molecule has 82 valence electrons. The van der Waals surface area contributed by atoms with Gasteiger partial charge in [0.25, 0.3) is 0 Å². The first kappa shape index (κ1) is 11.4. The average molecular weight is 201 g/mol. The minimum atomic E-state index is -0.766. The first-order valence-electron chi connectivity index (χ1n) is 5.48. The Hall–Kier alpha value is -0.640. The molecular weight excluding hydrogens is 182 g/mol. The Bertz CT molecular complexity index is 190. The van der Waals surface area contributed by atoms with E-state index in [2.05, 4.69) is 0 Å². The summed E-state index contributed by atoms with van der Waals surface area (Å²) in [5.74, 6) is 0.152. The highest BCUT2D eigenvalue weighted by Gasteiger charge is 2.34. The van der Waals surface area contributed by atoms with Crippen LogP contribution in [0.3, 0.4) is 0 Å². The number of nitrogens with zero attached hydrogens (tertiary/aromatic N) is 1. The monoisotopic (exact) mass is 201 g/mol. The fourth-order valence-electron chi connectivity index (χ4n) is 2.31. The standard InChI is InChI=1S/C10H19NO3/c1-2-9(11(13)14)10(12)8-6-4-3-5-7-8/h8-10,12H,2-7H2,1H3. The van der Waals surface area contributed by atoms with Gasteiger partial charge in [-0.2, -0.15) is 0 Å². The Morgan fingerprint density at radius 1 is 1.43 bits per heavy atom. The van der Waals surface area contributed by atoms with Gasteiger partial charge in [-0.3, -0.25) is 10.1 Å². The molecule has 1 aliphatic carbocycles. The van der Waals surface area contributed by atoms with E-state index in [1.165, 1.54) is 6.42 Å². The molecule has 1 N–H and O–H groups in total. The predicted octanol–water partition coefficient (Wildman–Crippen LogP) is 1.98. The second kappa shape index (κ2) is 5.29. The molecule has 2 atom stereocenters. The third-order valence-corrected chi connectivity index (χ3v) is 3.22. The fourth-order valence-corrected chi connectivity index (χ4v) is 2.31. The summed E-state index contributed by atoms with van der Waals surface area (Å²) >= 11 is 0. The maximum atomic E-state index is 10.7. The summed E-state index contributed by atoms with van der Waals surface area (Å²) in [4.78, 5) is 10.3. The maximum absolute atomic E-state index is 10.7. The molecule has 0 amide bonds. The fraction of sp³-hybridized carbons (Fsp3) is 1.00. The van der Waals surface area contributed by atoms with E-state index >= 15 is 0 Å². The van der Waals surface area contributed by atoms with Gasteiger partial charge in [-0.05, 0) is 18.8 Å². The van der Waals surface area contributed by atoms with Crippen molar-refractivity contribution < 1.29 is 10.0 Å². The number of aliphatic hydroxyl groups is 1. The van der Waals surface area contributed by atoms with Crippen molar-refractivity contribution in [3.63, 3.8) is 0 Å². The molecule has 1 fully saturated rings. The molecule has 1 rings (SSSR count). The summed E-state index contributed by atoms with van der Waals surface area (Å²) in [6, 6.07) is -0.766. The third kappa shape index (κ3) is 2.67. The lowest BCUT2D eigenvalue weighted by Gasteiger charge is -2.27. The van der Waals surface area contributed by atoms with Crippen LogP contribution in [0.15, 0.2) is 0 Å². The smallest absolute Gasteiger partial charge is 0.238 e. The number of nitro groups is 1. The van der Waals surface area contributed by atoms with E-state index in [-0.39, 0.29) is 10.8 Å². The lowest BCUT2D eigenvalue weighted by atomic mass is 9.82. The second-order valence-electron chi connectivity index (χ2n) is 4.15. The number of rotatable bonds is 4. The van der Waals surface area contributed by atoms with E-state index < -0.39 is 12.1 Å². The molecule has 0 aromatic carbocycles. The van der Waals surface area contributed by atoms with Crippen LogP contribution in [0, 0.1) is 16.0 Å². The Morgan fingerprint density at radius 2 is 2.00 bits per heavy atom. The van der Waals surface area contributed by atoms with Crippen molar-refractivity contribution in [1.82, 2.24) is 0 Å². The lowest BCUT2D eigenvalue weighted by molar-refractivity contribution is -0.537. The van der Waals surface area contributed by atoms with Crippen molar-refractivity contribution in [2.45, 2.75) is 57.6 Å². The van der Waals surface area contributed by atoms with Crippen molar-refractivity contribution >= 4 is 0 Å². The van der Waals surface area contributed by atoms with Crippen LogP contribution in [-0.4, -0.2) is 22.2 Å². The first-order chi connectivity index (χ1) is 6.66. The summed E-state index contributed by atoms with van der Waals surface area (Å²) in [5, 5.41) is 20.5. The zero-order valence-corrected chi connectivity index (χ0v) is 8.69. The van der Waals surface area contributed by atoms with Gasteiger partial charge < -0.3 is 5.11 Å². The van der Waals surface area contributed by atoms with Crippen LogP contribution >= 0.6 is 0 Å². The van der Waals surface area contributed by atoms with Crippen LogP contribution in [0.4, 0.5) is 0 Å². The van der Waals surface area contributed by atoms with Crippen LogP contribution in [0.2, 0.25) is 0 Å². The molecule has 0 bridgehead atoms. The molecule has 0 heterocycles. The van der Waals surface area contributed by atoms with Gasteiger partial charge in [0.05, 0.1) is 0 Å². The highest BCUT2D eigenvalue weighted by atomic mass is 16.6.